The summed E-state index contributed by atoms with van der Waals surface area (Å²) in [6.07, 6.45) is 1.42. The standard InChI is InChI=1S/C12H17FN2O/c1-3-5-10(14)12(16)15-11-8(2)6-4-7-9(11)13/h4,6-7,10H,3,5,14H2,1-2H3,(H,15,16)/t10-/m0/s1. The Kier molecular flexibility index (Phi) is 4.43. The van der Waals surface area contributed by atoms with Crippen LogP contribution >= 0.6 is 0 Å². The Morgan fingerprint density at radius 3 is 2.81 bits per heavy atom. The highest BCUT2D eigenvalue weighted by molar-refractivity contribution is 5.95. The molecule has 1 amide bonds. The maximum atomic E-state index is 13.4. The number of nitrogens with two attached hydrogens (primary N) is 1. The summed E-state index contributed by atoms with van der Waals surface area (Å²) in [5.74, 6) is -0.771. The fourth-order valence-corrected chi connectivity index (χ4v) is 1.45. The fourth-order valence-electron chi connectivity index (χ4n) is 1.45. The van der Waals surface area contributed by atoms with Gasteiger partial charge in [0.05, 0.1) is 11.7 Å². The normalized spacial score (nSPS) is 12.2. The number of aryl methyl sites for hydroxylation is 1. The van der Waals surface area contributed by atoms with Gasteiger partial charge < -0.3 is 11.1 Å². The van der Waals surface area contributed by atoms with E-state index in [1.165, 1.54) is 6.07 Å². The van der Waals surface area contributed by atoms with Crippen molar-refractivity contribution in [1.82, 2.24) is 0 Å². The lowest BCUT2D eigenvalue weighted by molar-refractivity contribution is -0.117. The molecule has 0 heterocycles. The van der Waals surface area contributed by atoms with Crippen LogP contribution in [0.5, 0.6) is 0 Å². The molecule has 0 saturated heterocycles. The zero-order chi connectivity index (χ0) is 12.1. The Hall–Kier alpha value is -1.42. The molecule has 16 heavy (non-hydrogen) atoms. The van der Waals surface area contributed by atoms with Crippen LogP contribution < -0.4 is 11.1 Å². The molecule has 0 fully saturated rings. The third kappa shape index (κ3) is 3.03. The molecule has 0 aliphatic heterocycles. The quantitative estimate of drug-likeness (QED) is 0.823. The van der Waals surface area contributed by atoms with E-state index in [4.69, 9.17) is 5.73 Å². The maximum Gasteiger partial charge on any atom is 0.241 e. The van der Waals surface area contributed by atoms with Gasteiger partial charge in [-0.25, -0.2) is 4.39 Å². The first-order valence-electron chi connectivity index (χ1n) is 5.37. The molecule has 0 saturated carbocycles. The van der Waals surface area contributed by atoms with E-state index in [2.05, 4.69) is 5.32 Å². The van der Waals surface area contributed by atoms with Crippen LogP contribution in [0.25, 0.3) is 0 Å². The second kappa shape index (κ2) is 5.61. The summed E-state index contributed by atoms with van der Waals surface area (Å²) in [7, 11) is 0. The van der Waals surface area contributed by atoms with Crippen molar-refractivity contribution < 1.29 is 9.18 Å². The molecule has 0 spiro atoms. The first-order chi connectivity index (χ1) is 7.56. The number of hydrogen-bond acceptors (Lipinski definition) is 2. The Bertz CT molecular complexity index is 359. The Labute approximate surface area is 94.8 Å². The molecule has 0 aliphatic rings. The van der Waals surface area contributed by atoms with Crippen LogP contribution in [0.15, 0.2) is 18.2 Å². The van der Waals surface area contributed by atoms with Gasteiger partial charge in [-0.1, -0.05) is 25.5 Å². The first kappa shape index (κ1) is 12.6. The summed E-state index contributed by atoms with van der Waals surface area (Å²) < 4.78 is 13.4. The van der Waals surface area contributed by atoms with Gasteiger partial charge in [-0.05, 0) is 25.0 Å². The summed E-state index contributed by atoms with van der Waals surface area (Å²) in [4.78, 5) is 11.6. The second-order valence-corrected chi connectivity index (χ2v) is 3.82. The molecule has 1 rings (SSSR count). The van der Waals surface area contributed by atoms with Crippen molar-refractivity contribution in [2.24, 2.45) is 5.73 Å². The van der Waals surface area contributed by atoms with Crippen LogP contribution in [0.1, 0.15) is 25.3 Å². The van der Waals surface area contributed by atoms with Crippen molar-refractivity contribution in [2.75, 3.05) is 5.32 Å². The lowest BCUT2D eigenvalue weighted by atomic mass is 10.1. The molecule has 0 bridgehead atoms. The monoisotopic (exact) mass is 224 g/mol. The third-order valence-electron chi connectivity index (χ3n) is 2.41. The topological polar surface area (TPSA) is 55.1 Å². The van der Waals surface area contributed by atoms with Crippen LogP contribution in [-0.2, 0) is 4.79 Å². The summed E-state index contributed by atoms with van der Waals surface area (Å²) in [6, 6.07) is 4.08. The van der Waals surface area contributed by atoms with Gasteiger partial charge in [-0.15, -0.1) is 0 Å². The molecule has 0 aromatic heterocycles. The van der Waals surface area contributed by atoms with Crippen molar-refractivity contribution in [1.29, 1.82) is 0 Å². The van der Waals surface area contributed by atoms with E-state index < -0.39 is 11.9 Å². The molecule has 0 unspecified atom stereocenters. The largest absolute Gasteiger partial charge is 0.322 e. The Morgan fingerprint density at radius 2 is 2.25 bits per heavy atom. The molecular formula is C12H17FN2O. The number of hydrogen-bond donors (Lipinski definition) is 2. The van der Waals surface area contributed by atoms with E-state index in [1.807, 2.05) is 6.92 Å². The van der Waals surface area contributed by atoms with E-state index in [9.17, 15) is 9.18 Å². The second-order valence-electron chi connectivity index (χ2n) is 3.82. The van der Waals surface area contributed by atoms with Gasteiger partial charge in [0.2, 0.25) is 5.91 Å². The summed E-state index contributed by atoms with van der Waals surface area (Å²) >= 11 is 0. The number of rotatable bonds is 4. The van der Waals surface area contributed by atoms with Gasteiger partial charge >= 0.3 is 0 Å². The van der Waals surface area contributed by atoms with E-state index in [0.29, 0.717) is 12.0 Å². The zero-order valence-electron chi connectivity index (χ0n) is 9.59. The first-order valence-corrected chi connectivity index (χ1v) is 5.37. The lowest BCUT2D eigenvalue weighted by Gasteiger charge is -2.13. The zero-order valence-corrected chi connectivity index (χ0v) is 9.59. The van der Waals surface area contributed by atoms with Crippen molar-refractivity contribution in [3.8, 4) is 0 Å². The number of para-hydroxylation sites is 1. The average Bonchev–Trinajstić information content (AvgIpc) is 2.23. The predicted molar refractivity (Wildman–Crippen MR) is 62.7 cm³/mol. The van der Waals surface area contributed by atoms with Gasteiger partial charge in [-0.3, -0.25) is 4.79 Å². The van der Waals surface area contributed by atoms with E-state index >= 15 is 0 Å². The SMILES string of the molecule is CCC[C@H](N)C(=O)Nc1c(C)cccc1F. The molecule has 3 nitrogen and oxygen atoms in total. The molecule has 1 aromatic carbocycles. The van der Waals surface area contributed by atoms with Crippen molar-refractivity contribution in [3.63, 3.8) is 0 Å². The van der Waals surface area contributed by atoms with Crippen LogP contribution in [0.2, 0.25) is 0 Å². The van der Waals surface area contributed by atoms with Gasteiger partial charge in [0.1, 0.15) is 5.82 Å². The van der Waals surface area contributed by atoms with Crippen LogP contribution in [0.4, 0.5) is 10.1 Å². The predicted octanol–water partition coefficient (Wildman–Crippen LogP) is 2.20. The molecule has 0 aliphatic carbocycles. The number of anilines is 1. The number of amides is 1. The van der Waals surface area contributed by atoms with Crippen LogP contribution in [0.3, 0.4) is 0 Å². The average molecular weight is 224 g/mol. The molecule has 1 atom stereocenters. The van der Waals surface area contributed by atoms with Gasteiger partial charge in [0.15, 0.2) is 0 Å². The highest BCUT2D eigenvalue weighted by Crippen LogP contribution is 2.18. The Balaban J connectivity index is 2.77. The maximum absolute atomic E-state index is 13.4. The van der Waals surface area contributed by atoms with Crippen LogP contribution in [-0.4, -0.2) is 11.9 Å². The minimum Gasteiger partial charge on any atom is -0.322 e. The van der Waals surface area contributed by atoms with E-state index in [0.717, 1.165) is 6.42 Å². The molecule has 1 aromatic rings. The number of halogens is 1. The number of nitrogens with one attached hydrogen (secondary N) is 1. The van der Waals surface area contributed by atoms with Gasteiger partial charge in [0.25, 0.3) is 0 Å². The highest BCUT2D eigenvalue weighted by Gasteiger charge is 2.15. The van der Waals surface area contributed by atoms with Crippen molar-refractivity contribution in [2.45, 2.75) is 32.7 Å². The van der Waals surface area contributed by atoms with E-state index in [1.54, 1.807) is 19.1 Å². The van der Waals surface area contributed by atoms with Crippen molar-refractivity contribution in [3.05, 3.63) is 29.6 Å². The van der Waals surface area contributed by atoms with Gasteiger partial charge in [0, 0.05) is 0 Å². The van der Waals surface area contributed by atoms with E-state index in [-0.39, 0.29) is 11.6 Å². The van der Waals surface area contributed by atoms with Gasteiger partial charge in [-0.2, -0.15) is 0 Å². The molecule has 88 valence electrons. The lowest BCUT2D eigenvalue weighted by Crippen LogP contribution is -2.35. The third-order valence-corrected chi connectivity index (χ3v) is 2.41. The summed E-state index contributed by atoms with van der Waals surface area (Å²) in [5.41, 5.74) is 6.55. The number of carbonyl (C=O) groups is 1. The molecular weight excluding hydrogens is 207 g/mol. The van der Waals surface area contributed by atoms with Crippen LogP contribution in [0, 0.1) is 12.7 Å². The minimum atomic E-state index is -0.580. The molecule has 4 heteroatoms. The number of carbonyl (C=O) groups excluding carboxylic acids is 1. The summed E-state index contributed by atoms with van der Waals surface area (Å²) in [6.45, 7) is 3.69. The highest BCUT2D eigenvalue weighted by atomic mass is 19.1. The summed E-state index contributed by atoms with van der Waals surface area (Å²) in [5, 5.41) is 2.52. The fraction of sp³-hybridized carbons (Fsp3) is 0.417. The molecule has 0 radical (unpaired) electrons. The smallest absolute Gasteiger partial charge is 0.241 e. The minimum absolute atomic E-state index is 0.221. The Morgan fingerprint density at radius 1 is 1.56 bits per heavy atom. The van der Waals surface area contributed by atoms with Crippen molar-refractivity contribution >= 4 is 11.6 Å². The number of benzene rings is 1. The molecule has 3 N–H and O–H groups in total.